The first-order valence-corrected chi connectivity index (χ1v) is 7.06. The lowest BCUT2D eigenvalue weighted by molar-refractivity contribution is 0.0600. The maximum Gasteiger partial charge on any atom is 0.337 e. The van der Waals surface area contributed by atoms with Crippen LogP contribution in [0, 0.1) is 6.92 Å². The second-order valence-electron chi connectivity index (χ2n) is 4.28. The molecule has 2 aromatic carbocycles. The molecule has 0 bridgehead atoms. The molecule has 4 nitrogen and oxygen atoms in total. The van der Waals surface area contributed by atoms with E-state index >= 15 is 0 Å². The number of benzene rings is 2. The Labute approximate surface area is 130 Å². The van der Waals surface area contributed by atoms with E-state index in [1.165, 1.54) is 7.11 Å². The van der Waals surface area contributed by atoms with Gasteiger partial charge in [-0.15, -0.1) is 0 Å². The molecule has 0 heterocycles. The van der Waals surface area contributed by atoms with Gasteiger partial charge in [-0.3, -0.25) is 4.79 Å². The van der Waals surface area contributed by atoms with Gasteiger partial charge < -0.3 is 9.47 Å². The monoisotopic (exact) mass is 300 g/mol. The van der Waals surface area contributed by atoms with Crippen LogP contribution in [0.5, 0.6) is 11.5 Å². The summed E-state index contributed by atoms with van der Waals surface area (Å²) >= 11 is 0. The van der Waals surface area contributed by atoms with Gasteiger partial charge in [-0.05, 0) is 43.3 Å². The fourth-order valence-electron chi connectivity index (χ4n) is 1.76. The number of methoxy groups -OCH3 is 1. The molecule has 0 amide bonds. The SMILES string of the molecule is CC.COC(=O)c1ccc(Oc2ccc(C)cc2C=O)cc1. The molecule has 0 aromatic heterocycles. The summed E-state index contributed by atoms with van der Waals surface area (Å²) in [4.78, 5) is 22.3. The van der Waals surface area contributed by atoms with E-state index in [1.807, 2.05) is 26.8 Å². The Bertz CT molecular complexity index is 630. The fraction of sp³-hybridized carbons (Fsp3) is 0.222. The van der Waals surface area contributed by atoms with Gasteiger partial charge in [0.2, 0.25) is 0 Å². The van der Waals surface area contributed by atoms with Gasteiger partial charge in [0.05, 0.1) is 18.2 Å². The van der Waals surface area contributed by atoms with Crippen LogP contribution >= 0.6 is 0 Å². The van der Waals surface area contributed by atoms with Crippen LogP contribution in [0.25, 0.3) is 0 Å². The van der Waals surface area contributed by atoms with Crippen LogP contribution in [0.1, 0.15) is 40.1 Å². The van der Waals surface area contributed by atoms with Crippen LogP contribution in [0.15, 0.2) is 42.5 Å². The molecule has 0 aliphatic heterocycles. The Kier molecular flexibility index (Phi) is 6.83. The molecule has 0 unspecified atom stereocenters. The lowest BCUT2D eigenvalue weighted by Gasteiger charge is -2.09. The van der Waals surface area contributed by atoms with Gasteiger partial charge in [-0.1, -0.05) is 25.5 Å². The second kappa shape index (κ2) is 8.62. The molecule has 116 valence electrons. The first-order chi connectivity index (χ1) is 10.6. The van der Waals surface area contributed by atoms with Crippen molar-refractivity contribution in [1.29, 1.82) is 0 Å². The van der Waals surface area contributed by atoms with Crippen LogP contribution in [0.3, 0.4) is 0 Å². The van der Waals surface area contributed by atoms with Crippen molar-refractivity contribution in [3.8, 4) is 11.5 Å². The summed E-state index contributed by atoms with van der Waals surface area (Å²) in [6.07, 6.45) is 0.755. The van der Waals surface area contributed by atoms with Crippen molar-refractivity contribution in [1.82, 2.24) is 0 Å². The smallest absolute Gasteiger partial charge is 0.337 e. The molecule has 2 aromatic rings. The van der Waals surface area contributed by atoms with E-state index in [0.29, 0.717) is 22.6 Å². The van der Waals surface area contributed by atoms with Crippen LogP contribution < -0.4 is 4.74 Å². The largest absolute Gasteiger partial charge is 0.465 e. The average Bonchev–Trinajstić information content (AvgIpc) is 2.58. The van der Waals surface area contributed by atoms with Crippen LogP contribution in [-0.2, 0) is 4.74 Å². The lowest BCUT2D eigenvalue weighted by atomic mass is 10.1. The maximum absolute atomic E-state index is 11.3. The Balaban J connectivity index is 0.00000116. The maximum atomic E-state index is 11.3. The van der Waals surface area contributed by atoms with Crippen molar-refractivity contribution in [2.24, 2.45) is 0 Å². The van der Waals surface area contributed by atoms with E-state index in [2.05, 4.69) is 4.74 Å². The summed E-state index contributed by atoms with van der Waals surface area (Å²) in [5, 5.41) is 0. The number of carbonyl (C=O) groups excluding carboxylic acids is 2. The molecule has 0 radical (unpaired) electrons. The summed E-state index contributed by atoms with van der Waals surface area (Å²) in [6, 6.07) is 11.9. The minimum atomic E-state index is -0.402. The number of hydrogen-bond acceptors (Lipinski definition) is 4. The molecular weight excluding hydrogens is 280 g/mol. The highest BCUT2D eigenvalue weighted by Crippen LogP contribution is 2.25. The molecule has 0 saturated heterocycles. The standard InChI is InChI=1S/C16H14O4.C2H6/c1-11-3-8-15(13(9-11)10-17)20-14-6-4-12(5-7-14)16(18)19-2;1-2/h3-10H,1-2H3;1-2H3. The summed E-state index contributed by atoms with van der Waals surface area (Å²) in [5.41, 5.74) is 1.92. The molecule has 0 aliphatic carbocycles. The van der Waals surface area contributed by atoms with Gasteiger partial charge in [0.25, 0.3) is 0 Å². The third-order valence-electron chi connectivity index (χ3n) is 2.80. The molecule has 22 heavy (non-hydrogen) atoms. The molecule has 0 spiro atoms. The summed E-state index contributed by atoms with van der Waals surface area (Å²) in [7, 11) is 1.33. The number of aldehydes is 1. The lowest BCUT2D eigenvalue weighted by Crippen LogP contribution is -2.00. The van der Waals surface area contributed by atoms with Crippen molar-refractivity contribution in [3.63, 3.8) is 0 Å². The van der Waals surface area contributed by atoms with Crippen molar-refractivity contribution < 1.29 is 19.1 Å². The Morgan fingerprint density at radius 1 is 1.05 bits per heavy atom. The molecule has 4 heteroatoms. The number of carbonyl (C=O) groups is 2. The zero-order chi connectivity index (χ0) is 16.5. The topological polar surface area (TPSA) is 52.6 Å². The van der Waals surface area contributed by atoms with E-state index in [4.69, 9.17) is 4.74 Å². The van der Waals surface area contributed by atoms with Crippen molar-refractivity contribution in [2.75, 3.05) is 7.11 Å². The average molecular weight is 300 g/mol. The second-order valence-corrected chi connectivity index (χ2v) is 4.28. The Morgan fingerprint density at radius 2 is 1.68 bits per heavy atom. The van der Waals surface area contributed by atoms with Crippen molar-refractivity contribution >= 4 is 12.3 Å². The van der Waals surface area contributed by atoms with E-state index < -0.39 is 5.97 Å². The molecule has 0 atom stereocenters. The van der Waals surface area contributed by atoms with E-state index in [9.17, 15) is 9.59 Å². The van der Waals surface area contributed by atoms with Gasteiger partial charge >= 0.3 is 5.97 Å². The van der Waals surface area contributed by atoms with Gasteiger partial charge in [-0.2, -0.15) is 0 Å². The Morgan fingerprint density at radius 3 is 2.23 bits per heavy atom. The quantitative estimate of drug-likeness (QED) is 0.620. The summed E-state index contributed by atoms with van der Waals surface area (Å²) in [5.74, 6) is 0.626. The van der Waals surface area contributed by atoms with Gasteiger partial charge in [0.1, 0.15) is 11.5 Å². The molecular formula is C18H20O4. The predicted molar refractivity (Wildman–Crippen MR) is 85.8 cm³/mol. The normalized spacial score (nSPS) is 9.27. The Hall–Kier alpha value is -2.62. The van der Waals surface area contributed by atoms with Gasteiger partial charge in [-0.25, -0.2) is 4.79 Å². The van der Waals surface area contributed by atoms with E-state index in [0.717, 1.165) is 11.8 Å². The van der Waals surface area contributed by atoms with E-state index in [1.54, 1.807) is 36.4 Å². The molecule has 0 fully saturated rings. The van der Waals surface area contributed by atoms with Crippen molar-refractivity contribution in [2.45, 2.75) is 20.8 Å². The molecule has 2 rings (SSSR count). The van der Waals surface area contributed by atoms with Crippen LogP contribution in [0.4, 0.5) is 0 Å². The zero-order valence-electron chi connectivity index (χ0n) is 13.3. The molecule has 0 saturated carbocycles. The minimum Gasteiger partial charge on any atom is -0.465 e. The first-order valence-electron chi connectivity index (χ1n) is 7.06. The minimum absolute atomic E-state index is 0.402. The third kappa shape index (κ3) is 4.45. The number of aryl methyl sites for hydroxylation is 1. The number of hydrogen-bond donors (Lipinski definition) is 0. The highest BCUT2D eigenvalue weighted by atomic mass is 16.5. The number of ether oxygens (including phenoxy) is 2. The van der Waals surface area contributed by atoms with E-state index in [-0.39, 0.29) is 0 Å². The van der Waals surface area contributed by atoms with Crippen LogP contribution in [0.2, 0.25) is 0 Å². The molecule has 0 aliphatic rings. The summed E-state index contributed by atoms with van der Waals surface area (Å²) in [6.45, 7) is 5.90. The third-order valence-corrected chi connectivity index (χ3v) is 2.80. The highest BCUT2D eigenvalue weighted by Gasteiger charge is 2.07. The molecule has 0 N–H and O–H groups in total. The number of rotatable bonds is 4. The van der Waals surface area contributed by atoms with Crippen molar-refractivity contribution in [3.05, 3.63) is 59.2 Å². The van der Waals surface area contributed by atoms with Gasteiger partial charge in [0, 0.05) is 0 Å². The van der Waals surface area contributed by atoms with Crippen LogP contribution in [-0.4, -0.2) is 19.4 Å². The number of esters is 1. The fourth-order valence-corrected chi connectivity index (χ4v) is 1.76. The zero-order valence-corrected chi connectivity index (χ0v) is 13.3. The highest BCUT2D eigenvalue weighted by molar-refractivity contribution is 5.89. The van der Waals surface area contributed by atoms with Gasteiger partial charge in [0.15, 0.2) is 6.29 Å². The first kappa shape index (κ1) is 17.4. The summed E-state index contributed by atoms with van der Waals surface area (Å²) < 4.78 is 10.3. The predicted octanol–water partition coefficient (Wildman–Crippen LogP) is 4.41.